The quantitative estimate of drug-likeness (QED) is 0.578. The van der Waals surface area contributed by atoms with E-state index < -0.39 is 0 Å². The Morgan fingerprint density at radius 1 is 0.882 bits per heavy atom. The molecular weight excluding hydrogens is 282 g/mol. The van der Waals surface area contributed by atoms with Crippen LogP contribution >= 0.6 is 11.6 Å². The first-order valence-corrected chi connectivity index (χ1v) is 4.12. The maximum absolute atomic E-state index is 7.50. The van der Waals surface area contributed by atoms with Gasteiger partial charge in [0.1, 0.15) is 0 Å². The van der Waals surface area contributed by atoms with Crippen LogP contribution in [0, 0.1) is 20.0 Å². The summed E-state index contributed by atoms with van der Waals surface area (Å²) in [6.07, 6.45) is 0. The number of halogens is 1. The van der Waals surface area contributed by atoms with Crippen LogP contribution in [-0.2, 0) is 31.3 Å². The minimum Gasteiger partial charge on any atom is 0 e. The van der Waals surface area contributed by atoms with E-state index in [0.717, 1.165) is 5.02 Å². The molecule has 0 spiro atoms. The van der Waals surface area contributed by atoms with Gasteiger partial charge in [-0.15, -0.1) is 0 Å². The van der Waals surface area contributed by atoms with E-state index in [0.29, 0.717) is 0 Å². The Morgan fingerprint density at radius 3 is 1.41 bits per heavy atom. The summed E-state index contributed by atoms with van der Waals surface area (Å²) < 4.78 is 22.5. The molecule has 0 heterocycles. The minimum absolute atomic E-state index is 0. The van der Waals surface area contributed by atoms with Crippen LogP contribution in [0.25, 0.3) is 0 Å². The number of nitrogens with zero attached hydrogens (tertiary/aromatic N) is 1. The Labute approximate surface area is 117 Å². The van der Waals surface area contributed by atoms with E-state index in [4.69, 9.17) is 25.6 Å². The standard InChI is InChI=1S/C8H10ClN.3CO.Cr/c1-10(2)8-5-3-7(9)4-6-8;3*1-2;/h3-6H,1-2H3;;;;. The molecule has 1 rings (SSSR count). The second-order valence-corrected chi connectivity index (χ2v) is 2.81. The van der Waals surface area contributed by atoms with Gasteiger partial charge in [-0.1, -0.05) is 11.6 Å². The van der Waals surface area contributed by atoms with Crippen LogP contribution in [0.4, 0.5) is 5.69 Å². The zero-order valence-corrected chi connectivity index (χ0v) is 11.3. The molecule has 0 aliphatic heterocycles. The van der Waals surface area contributed by atoms with Crippen molar-refractivity contribution in [3.05, 3.63) is 49.2 Å². The molecule has 0 radical (unpaired) electrons. The van der Waals surface area contributed by atoms with Gasteiger partial charge in [0.25, 0.3) is 0 Å². The topological polar surface area (TPSA) is 62.9 Å². The summed E-state index contributed by atoms with van der Waals surface area (Å²) in [5.41, 5.74) is 1.17. The van der Waals surface area contributed by atoms with Gasteiger partial charge in [0.05, 0.1) is 0 Å². The first kappa shape index (κ1) is 25.0. The molecule has 90 valence electrons. The molecule has 6 heteroatoms. The minimum atomic E-state index is 0. The molecule has 0 unspecified atom stereocenters. The number of anilines is 1. The summed E-state index contributed by atoms with van der Waals surface area (Å²) in [4.78, 5) is 2.04. The Morgan fingerprint density at radius 2 is 1.18 bits per heavy atom. The Hall–Kier alpha value is -0.938. The predicted molar refractivity (Wildman–Crippen MR) is 57.6 cm³/mol. The molecule has 0 amide bonds. The van der Waals surface area contributed by atoms with E-state index in [-0.39, 0.29) is 17.4 Å². The summed E-state index contributed by atoms with van der Waals surface area (Å²) in [5.74, 6) is 0. The Bertz CT molecular complexity index is 305. The Kier molecular flexibility index (Phi) is 30.2. The summed E-state index contributed by atoms with van der Waals surface area (Å²) in [6, 6.07) is 7.75. The number of rotatable bonds is 1. The van der Waals surface area contributed by atoms with Gasteiger partial charge in [-0.3, -0.25) is 0 Å². The molecule has 0 aromatic heterocycles. The van der Waals surface area contributed by atoms with Crippen LogP contribution in [0.3, 0.4) is 0 Å². The van der Waals surface area contributed by atoms with Crippen molar-refractivity contribution >= 4 is 17.3 Å². The molecular formula is C11H10ClCrNO3. The first-order valence-electron chi connectivity index (χ1n) is 3.74. The van der Waals surface area contributed by atoms with Gasteiger partial charge in [0, 0.05) is 42.2 Å². The van der Waals surface area contributed by atoms with Crippen molar-refractivity contribution < 1.29 is 31.3 Å². The molecule has 4 nitrogen and oxygen atoms in total. The van der Waals surface area contributed by atoms with E-state index in [1.165, 1.54) is 5.69 Å². The van der Waals surface area contributed by atoms with Gasteiger partial charge < -0.3 is 4.90 Å². The summed E-state index contributed by atoms with van der Waals surface area (Å²) in [5, 5.41) is 0.783. The van der Waals surface area contributed by atoms with Gasteiger partial charge in [0.15, 0.2) is 0 Å². The third-order valence-electron chi connectivity index (χ3n) is 1.34. The average Bonchev–Trinajstić information content (AvgIpc) is 2.37. The largest absolute Gasteiger partial charge is 0 e. The number of hydrogen-bond donors (Lipinski definition) is 0. The molecule has 0 aliphatic rings. The molecule has 0 fully saturated rings. The molecule has 0 saturated heterocycles. The van der Waals surface area contributed by atoms with Gasteiger partial charge in [0.2, 0.25) is 0 Å². The van der Waals surface area contributed by atoms with Gasteiger partial charge >= 0.3 is 33.9 Å². The third kappa shape index (κ3) is 15.1. The van der Waals surface area contributed by atoms with Crippen LogP contribution in [0.5, 0.6) is 0 Å². The van der Waals surface area contributed by atoms with E-state index in [2.05, 4.69) is 20.0 Å². The van der Waals surface area contributed by atoms with E-state index in [1.807, 2.05) is 43.3 Å². The number of benzene rings is 1. The van der Waals surface area contributed by atoms with Crippen molar-refractivity contribution in [3.8, 4) is 0 Å². The van der Waals surface area contributed by atoms with Gasteiger partial charge in [-0.05, 0) is 24.3 Å². The summed E-state index contributed by atoms with van der Waals surface area (Å²) >= 11 is 5.70. The normalized spacial score (nSPS) is 5.94. The fourth-order valence-electron chi connectivity index (χ4n) is 0.739. The second kappa shape index (κ2) is 20.5. The van der Waals surface area contributed by atoms with Crippen LogP contribution < -0.4 is 4.90 Å². The maximum Gasteiger partial charge on any atom is 0 e. The molecule has 0 bridgehead atoms. The van der Waals surface area contributed by atoms with Crippen molar-refractivity contribution in [3.63, 3.8) is 0 Å². The fraction of sp³-hybridized carbons (Fsp3) is 0.182. The smallest absolute Gasteiger partial charge is 0 e. The van der Waals surface area contributed by atoms with E-state index >= 15 is 0 Å². The van der Waals surface area contributed by atoms with E-state index in [9.17, 15) is 0 Å². The van der Waals surface area contributed by atoms with Crippen molar-refractivity contribution in [1.29, 1.82) is 0 Å². The summed E-state index contributed by atoms with van der Waals surface area (Å²) in [6.45, 7) is 13.5. The van der Waals surface area contributed by atoms with Crippen LogP contribution in [-0.4, -0.2) is 14.1 Å². The van der Waals surface area contributed by atoms with Crippen LogP contribution in [0.2, 0.25) is 5.02 Å². The SMILES string of the molecule is CN(C)c1ccc(Cl)cc1.[C-]#[O+].[C-]#[O+].[C-]#[O+].[Cr]. The molecule has 17 heavy (non-hydrogen) atoms. The maximum atomic E-state index is 7.50. The van der Waals surface area contributed by atoms with Crippen molar-refractivity contribution in [2.75, 3.05) is 19.0 Å². The van der Waals surface area contributed by atoms with Gasteiger partial charge in [-0.2, -0.15) is 0 Å². The van der Waals surface area contributed by atoms with Crippen molar-refractivity contribution in [2.45, 2.75) is 0 Å². The molecule has 1 aromatic carbocycles. The summed E-state index contributed by atoms with van der Waals surface area (Å²) in [7, 11) is 4.01. The molecule has 1 aromatic rings. The molecule has 0 N–H and O–H groups in total. The van der Waals surface area contributed by atoms with Gasteiger partial charge in [-0.25, -0.2) is 0 Å². The molecule has 0 aliphatic carbocycles. The molecule has 0 atom stereocenters. The van der Waals surface area contributed by atoms with Crippen molar-refractivity contribution in [1.82, 2.24) is 0 Å². The number of hydrogen-bond acceptors (Lipinski definition) is 1. The average molecular weight is 292 g/mol. The zero-order valence-electron chi connectivity index (χ0n) is 9.27. The van der Waals surface area contributed by atoms with Crippen molar-refractivity contribution in [2.24, 2.45) is 0 Å². The monoisotopic (exact) mass is 291 g/mol. The van der Waals surface area contributed by atoms with Crippen LogP contribution in [0.15, 0.2) is 24.3 Å². The predicted octanol–water partition coefficient (Wildman–Crippen LogP) is 2.29. The second-order valence-electron chi connectivity index (χ2n) is 2.37. The third-order valence-corrected chi connectivity index (χ3v) is 1.60. The fourth-order valence-corrected chi connectivity index (χ4v) is 0.865. The first-order chi connectivity index (χ1) is 7.70. The Balaban J connectivity index is -0.000000106. The molecule has 0 saturated carbocycles. The van der Waals surface area contributed by atoms with Crippen LogP contribution in [0.1, 0.15) is 0 Å². The van der Waals surface area contributed by atoms with E-state index in [1.54, 1.807) is 0 Å². The zero-order chi connectivity index (χ0) is 13.6.